The highest BCUT2D eigenvalue weighted by atomic mass is 32.2. The predicted octanol–water partition coefficient (Wildman–Crippen LogP) is 2.57. The number of hydrogen-bond acceptors (Lipinski definition) is 4. The Morgan fingerprint density at radius 2 is 1.90 bits per heavy atom. The number of carbonyl (C=O) groups excluding carboxylic acids is 1. The van der Waals surface area contributed by atoms with Crippen LogP contribution in [-0.4, -0.2) is 36.7 Å². The summed E-state index contributed by atoms with van der Waals surface area (Å²) in [6, 6.07) is 13.1. The van der Waals surface area contributed by atoms with Gasteiger partial charge in [-0.15, -0.1) is 0 Å². The van der Waals surface area contributed by atoms with Gasteiger partial charge in [0, 0.05) is 18.9 Å². The number of carbonyl (C=O) groups is 1. The van der Waals surface area contributed by atoms with Crippen molar-refractivity contribution in [2.75, 3.05) is 17.1 Å². The van der Waals surface area contributed by atoms with E-state index in [-0.39, 0.29) is 19.0 Å². The average molecular weight is 413 g/mol. The minimum absolute atomic E-state index is 0.275. The van der Waals surface area contributed by atoms with Crippen LogP contribution in [0.4, 0.5) is 5.69 Å². The van der Waals surface area contributed by atoms with E-state index in [1.54, 1.807) is 24.7 Å². The van der Waals surface area contributed by atoms with Crippen molar-refractivity contribution in [2.24, 2.45) is 0 Å². The lowest BCUT2D eigenvalue weighted by Crippen LogP contribution is -2.40. The Labute approximate surface area is 171 Å². The van der Waals surface area contributed by atoms with Gasteiger partial charge in [0.2, 0.25) is 15.9 Å². The van der Waals surface area contributed by atoms with E-state index in [2.05, 4.69) is 10.3 Å². The number of anilines is 1. The van der Waals surface area contributed by atoms with E-state index in [4.69, 9.17) is 0 Å². The first-order valence-corrected chi connectivity index (χ1v) is 11.0. The molecule has 8 heteroatoms. The van der Waals surface area contributed by atoms with Crippen molar-refractivity contribution >= 4 is 21.6 Å². The molecule has 3 rings (SSSR count). The van der Waals surface area contributed by atoms with Crippen molar-refractivity contribution in [3.8, 4) is 5.69 Å². The second-order valence-corrected chi connectivity index (χ2v) is 8.77. The third kappa shape index (κ3) is 4.83. The highest BCUT2D eigenvalue weighted by Gasteiger charge is 2.22. The minimum Gasteiger partial charge on any atom is -0.350 e. The van der Waals surface area contributed by atoms with Crippen LogP contribution in [0.5, 0.6) is 0 Å². The molecule has 1 aromatic heterocycles. The Balaban J connectivity index is 1.77. The summed E-state index contributed by atoms with van der Waals surface area (Å²) in [6.07, 6.45) is 6.30. The second kappa shape index (κ2) is 8.48. The Morgan fingerprint density at radius 1 is 1.14 bits per heavy atom. The molecule has 1 amide bonds. The lowest BCUT2D eigenvalue weighted by molar-refractivity contribution is -0.119. The van der Waals surface area contributed by atoms with Gasteiger partial charge in [-0.3, -0.25) is 9.10 Å². The van der Waals surface area contributed by atoms with E-state index in [0.717, 1.165) is 32.9 Å². The number of aryl methyl sites for hydroxylation is 1. The summed E-state index contributed by atoms with van der Waals surface area (Å²) in [6.45, 7) is 3.75. The van der Waals surface area contributed by atoms with Crippen LogP contribution >= 0.6 is 0 Å². The SMILES string of the molecule is Cc1cccc(N(CC(=O)NCc2ccccc2-n2ccnc2)S(C)(=O)=O)c1C. The van der Waals surface area contributed by atoms with Crippen molar-refractivity contribution in [1.82, 2.24) is 14.9 Å². The maximum atomic E-state index is 12.6. The summed E-state index contributed by atoms with van der Waals surface area (Å²) >= 11 is 0. The number of benzene rings is 2. The van der Waals surface area contributed by atoms with Crippen LogP contribution in [0.3, 0.4) is 0 Å². The average Bonchev–Trinajstić information content (AvgIpc) is 3.21. The van der Waals surface area contributed by atoms with Crippen LogP contribution in [0.1, 0.15) is 16.7 Å². The Morgan fingerprint density at radius 3 is 2.59 bits per heavy atom. The highest BCUT2D eigenvalue weighted by Crippen LogP contribution is 2.24. The van der Waals surface area contributed by atoms with Crippen molar-refractivity contribution in [1.29, 1.82) is 0 Å². The molecule has 3 aromatic rings. The molecule has 0 unspecified atom stereocenters. The van der Waals surface area contributed by atoms with Gasteiger partial charge in [-0.05, 0) is 42.7 Å². The van der Waals surface area contributed by atoms with Gasteiger partial charge in [0.05, 0.1) is 24.0 Å². The smallest absolute Gasteiger partial charge is 0.241 e. The van der Waals surface area contributed by atoms with Gasteiger partial charge in [-0.1, -0.05) is 30.3 Å². The van der Waals surface area contributed by atoms with Gasteiger partial charge in [0.25, 0.3) is 0 Å². The topological polar surface area (TPSA) is 84.3 Å². The Kier molecular flexibility index (Phi) is 6.03. The zero-order chi connectivity index (χ0) is 21.0. The van der Waals surface area contributed by atoms with Crippen LogP contribution in [0.25, 0.3) is 5.69 Å². The molecule has 0 fully saturated rings. The summed E-state index contributed by atoms with van der Waals surface area (Å²) in [7, 11) is -3.62. The highest BCUT2D eigenvalue weighted by molar-refractivity contribution is 7.92. The molecule has 1 heterocycles. The molecule has 0 aliphatic rings. The fourth-order valence-corrected chi connectivity index (χ4v) is 3.99. The second-order valence-electron chi connectivity index (χ2n) is 6.86. The first kappa shape index (κ1) is 20.6. The van der Waals surface area contributed by atoms with Crippen molar-refractivity contribution in [3.63, 3.8) is 0 Å². The fraction of sp³-hybridized carbons (Fsp3) is 0.238. The molecule has 0 bridgehead atoms. The predicted molar refractivity (Wildman–Crippen MR) is 114 cm³/mol. The van der Waals surface area contributed by atoms with E-state index >= 15 is 0 Å². The van der Waals surface area contributed by atoms with Crippen LogP contribution in [-0.2, 0) is 21.4 Å². The fourth-order valence-electron chi connectivity index (χ4n) is 3.08. The number of nitrogens with zero attached hydrogens (tertiary/aromatic N) is 3. The quantitative estimate of drug-likeness (QED) is 0.646. The van der Waals surface area contributed by atoms with Gasteiger partial charge >= 0.3 is 0 Å². The third-order valence-electron chi connectivity index (χ3n) is 4.78. The maximum Gasteiger partial charge on any atom is 0.241 e. The van der Waals surface area contributed by atoms with Gasteiger partial charge in [0.1, 0.15) is 6.54 Å². The van der Waals surface area contributed by atoms with Gasteiger partial charge < -0.3 is 9.88 Å². The molecule has 0 aliphatic carbocycles. The Hall–Kier alpha value is -3.13. The van der Waals surface area contributed by atoms with Gasteiger partial charge in [0.15, 0.2) is 0 Å². The number of rotatable bonds is 7. The molecule has 152 valence electrons. The molecule has 0 radical (unpaired) electrons. The first-order chi connectivity index (χ1) is 13.8. The zero-order valence-corrected chi connectivity index (χ0v) is 17.5. The summed E-state index contributed by atoms with van der Waals surface area (Å²) in [5, 5.41) is 2.83. The monoisotopic (exact) mass is 412 g/mol. The van der Waals surface area contributed by atoms with E-state index < -0.39 is 10.0 Å². The minimum atomic E-state index is -3.62. The number of imidazole rings is 1. The van der Waals surface area contributed by atoms with Crippen LogP contribution < -0.4 is 9.62 Å². The molecule has 2 aromatic carbocycles. The summed E-state index contributed by atoms with van der Waals surface area (Å²) in [5.41, 5.74) is 4.11. The summed E-state index contributed by atoms with van der Waals surface area (Å²) in [4.78, 5) is 16.7. The summed E-state index contributed by atoms with van der Waals surface area (Å²) in [5.74, 6) is -0.378. The van der Waals surface area contributed by atoms with Crippen molar-refractivity contribution in [3.05, 3.63) is 77.9 Å². The van der Waals surface area contributed by atoms with E-state index in [0.29, 0.717) is 5.69 Å². The number of sulfonamides is 1. The number of nitrogens with one attached hydrogen (secondary N) is 1. The molecule has 1 N–H and O–H groups in total. The Bertz CT molecular complexity index is 1110. The number of amides is 1. The molecule has 0 saturated heterocycles. The molecule has 7 nitrogen and oxygen atoms in total. The molecule has 0 aliphatic heterocycles. The van der Waals surface area contributed by atoms with Crippen LogP contribution in [0, 0.1) is 13.8 Å². The molecule has 0 atom stereocenters. The van der Waals surface area contributed by atoms with Crippen LogP contribution in [0.2, 0.25) is 0 Å². The number of aromatic nitrogens is 2. The normalized spacial score (nSPS) is 11.3. The molecular formula is C21H24N4O3S. The lowest BCUT2D eigenvalue weighted by atomic mass is 10.1. The van der Waals surface area contributed by atoms with Crippen molar-refractivity contribution < 1.29 is 13.2 Å². The maximum absolute atomic E-state index is 12.6. The molecule has 29 heavy (non-hydrogen) atoms. The van der Waals surface area contributed by atoms with E-state index in [1.807, 2.05) is 54.9 Å². The van der Waals surface area contributed by atoms with Crippen LogP contribution in [0.15, 0.2) is 61.2 Å². The standard InChI is InChI=1S/C21H24N4O3S/c1-16-7-6-10-19(17(16)2)25(29(3,27)28)14-21(26)23-13-18-8-4-5-9-20(18)24-12-11-22-15-24/h4-12,15H,13-14H2,1-3H3,(H,23,26). The summed E-state index contributed by atoms with van der Waals surface area (Å²) < 4.78 is 27.7. The van der Waals surface area contributed by atoms with E-state index in [9.17, 15) is 13.2 Å². The van der Waals surface area contributed by atoms with Gasteiger partial charge in [-0.25, -0.2) is 13.4 Å². The van der Waals surface area contributed by atoms with Crippen molar-refractivity contribution in [2.45, 2.75) is 20.4 Å². The number of para-hydroxylation sites is 1. The molecule has 0 saturated carbocycles. The number of hydrogen-bond donors (Lipinski definition) is 1. The van der Waals surface area contributed by atoms with E-state index in [1.165, 1.54) is 0 Å². The molecule has 0 spiro atoms. The third-order valence-corrected chi connectivity index (χ3v) is 5.91. The molecular weight excluding hydrogens is 388 g/mol. The lowest BCUT2D eigenvalue weighted by Gasteiger charge is -2.24. The first-order valence-electron chi connectivity index (χ1n) is 9.14. The zero-order valence-electron chi connectivity index (χ0n) is 16.7. The largest absolute Gasteiger partial charge is 0.350 e. The van der Waals surface area contributed by atoms with Gasteiger partial charge in [-0.2, -0.15) is 0 Å².